The van der Waals surface area contributed by atoms with Crippen molar-refractivity contribution in [3.63, 3.8) is 0 Å². The Bertz CT molecular complexity index is 1340. The lowest BCUT2D eigenvalue weighted by Crippen LogP contribution is -2.32. The number of carbonyl (C=O) groups is 3. The van der Waals surface area contributed by atoms with Crippen molar-refractivity contribution in [1.29, 1.82) is 0 Å². The largest absolute Gasteiger partial charge is 0.349 e. The summed E-state index contributed by atoms with van der Waals surface area (Å²) in [7, 11) is 0. The van der Waals surface area contributed by atoms with Crippen molar-refractivity contribution in [2.24, 2.45) is 0 Å². The molecule has 9 heteroatoms. The summed E-state index contributed by atoms with van der Waals surface area (Å²) >= 11 is 18.3. The van der Waals surface area contributed by atoms with Crippen LogP contribution in [0.5, 0.6) is 0 Å². The van der Waals surface area contributed by atoms with Crippen LogP contribution in [0.3, 0.4) is 0 Å². The Morgan fingerprint density at radius 2 is 1.62 bits per heavy atom. The highest BCUT2D eigenvalue weighted by molar-refractivity contribution is 6.53. The second-order valence-corrected chi connectivity index (χ2v) is 8.76. The minimum Gasteiger partial charge on any atom is -0.349 e. The smallest absolute Gasteiger partial charge is 0.283 e. The fraction of sp³-hybridized carbons (Fsp3) is 0.0800. The molecular weight excluding hydrogens is 497 g/mol. The predicted molar refractivity (Wildman–Crippen MR) is 134 cm³/mol. The number of benzene rings is 3. The number of nitrogens with one attached hydrogen (secondary N) is 2. The number of hydrogen-bond donors (Lipinski definition) is 2. The van der Waals surface area contributed by atoms with E-state index in [1.54, 1.807) is 55.5 Å². The lowest BCUT2D eigenvalue weighted by atomic mass is 10.1. The molecule has 3 amide bonds. The van der Waals surface area contributed by atoms with E-state index in [1.165, 1.54) is 0 Å². The van der Waals surface area contributed by atoms with Crippen LogP contribution in [0.4, 0.5) is 11.4 Å². The van der Waals surface area contributed by atoms with Gasteiger partial charge in [-0.05, 0) is 60.5 Å². The molecule has 1 aliphatic rings. The van der Waals surface area contributed by atoms with Gasteiger partial charge in [-0.1, -0.05) is 59.1 Å². The quantitative estimate of drug-likeness (QED) is 0.416. The molecule has 4 rings (SSSR count). The van der Waals surface area contributed by atoms with Crippen LogP contribution in [0.15, 0.2) is 77.5 Å². The molecular formula is C25H18Cl3N3O3. The van der Waals surface area contributed by atoms with Crippen LogP contribution in [0.2, 0.25) is 10.0 Å². The van der Waals surface area contributed by atoms with E-state index in [0.717, 1.165) is 16.0 Å². The van der Waals surface area contributed by atoms with Crippen LogP contribution in [0.1, 0.15) is 21.5 Å². The molecule has 2 N–H and O–H groups in total. The second-order valence-electron chi connectivity index (χ2n) is 7.54. The summed E-state index contributed by atoms with van der Waals surface area (Å²) in [5.74, 6) is -1.58. The van der Waals surface area contributed by atoms with Crippen molar-refractivity contribution in [3.05, 3.63) is 104 Å². The van der Waals surface area contributed by atoms with Crippen molar-refractivity contribution in [1.82, 2.24) is 5.32 Å². The summed E-state index contributed by atoms with van der Waals surface area (Å²) in [6.07, 6.45) is 0. The molecule has 6 nitrogen and oxygen atoms in total. The van der Waals surface area contributed by atoms with Crippen LogP contribution in [-0.4, -0.2) is 17.7 Å². The summed E-state index contributed by atoms with van der Waals surface area (Å²) in [5, 5.41) is 6.55. The number of halogens is 3. The fourth-order valence-corrected chi connectivity index (χ4v) is 3.93. The molecule has 1 aliphatic heterocycles. The van der Waals surface area contributed by atoms with Crippen molar-refractivity contribution in [2.75, 3.05) is 10.2 Å². The molecule has 0 aliphatic carbocycles. The number of anilines is 2. The maximum absolute atomic E-state index is 13.0. The maximum Gasteiger partial charge on any atom is 0.283 e. The third-order valence-corrected chi connectivity index (χ3v) is 6.24. The molecule has 3 aromatic rings. The van der Waals surface area contributed by atoms with Crippen LogP contribution in [-0.2, 0) is 16.1 Å². The first-order chi connectivity index (χ1) is 16.3. The molecule has 0 spiro atoms. The molecule has 3 aromatic carbocycles. The van der Waals surface area contributed by atoms with Crippen molar-refractivity contribution in [2.45, 2.75) is 13.5 Å². The van der Waals surface area contributed by atoms with E-state index in [-0.39, 0.29) is 23.2 Å². The highest BCUT2D eigenvalue weighted by Gasteiger charge is 2.39. The summed E-state index contributed by atoms with van der Waals surface area (Å²) in [5.41, 5.74) is 2.65. The first kappa shape index (κ1) is 23.8. The van der Waals surface area contributed by atoms with E-state index < -0.39 is 11.8 Å². The lowest BCUT2D eigenvalue weighted by molar-refractivity contribution is -0.120. The first-order valence-electron chi connectivity index (χ1n) is 10.2. The molecule has 0 saturated carbocycles. The molecule has 1 heterocycles. The molecule has 0 radical (unpaired) electrons. The summed E-state index contributed by atoms with van der Waals surface area (Å²) in [4.78, 5) is 39.4. The van der Waals surface area contributed by atoms with E-state index in [0.29, 0.717) is 27.0 Å². The van der Waals surface area contributed by atoms with E-state index in [1.807, 2.05) is 18.2 Å². The van der Waals surface area contributed by atoms with Crippen molar-refractivity contribution >= 4 is 63.9 Å². The topological polar surface area (TPSA) is 78.5 Å². The number of hydrogen-bond acceptors (Lipinski definition) is 4. The van der Waals surface area contributed by atoms with Gasteiger partial charge >= 0.3 is 0 Å². The monoisotopic (exact) mass is 513 g/mol. The normalized spacial score (nSPS) is 13.5. The SMILES string of the molecule is Cc1ccc(C(=O)NCc2ccccc2Cl)cc1NC1=C(Cl)C(=O)N(c2ccc(Cl)cc2)C1=O. The summed E-state index contributed by atoms with van der Waals surface area (Å²) in [6.45, 7) is 2.07. The van der Waals surface area contributed by atoms with Gasteiger partial charge in [0.1, 0.15) is 10.7 Å². The Morgan fingerprint density at radius 3 is 2.32 bits per heavy atom. The summed E-state index contributed by atoms with van der Waals surface area (Å²) in [6, 6.07) is 18.5. The first-order valence-corrected chi connectivity index (χ1v) is 11.3. The van der Waals surface area contributed by atoms with Gasteiger partial charge in [-0.2, -0.15) is 0 Å². The third-order valence-electron chi connectivity index (χ3n) is 5.27. The maximum atomic E-state index is 13.0. The minimum absolute atomic E-state index is 0.0710. The second kappa shape index (κ2) is 9.89. The van der Waals surface area contributed by atoms with Crippen LogP contribution < -0.4 is 15.5 Å². The molecule has 0 saturated heterocycles. The van der Waals surface area contributed by atoms with Gasteiger partial charge in [0.25, 0.3) is 17.7 Å². The van der Waals surface area contributed by atoms with Crippen LogP contribution in [0.25, 0.3) is 0 Å². The molecule has 0 atom stereocenters. The van der Waals surface area contributed by atoms with Gasteiger partial charge in [-0.25, -0.2) is 4.90 Å². The Balaban J connectivity index is 1.53. The van der Waals surface area contributed by atoms with Crippen molar-refractivity contribution in [3.8, 4) is 0 Å². The zero-order valence-corrected chi connectivity index (χ0v) is 20.1. The van der Waals surface area contributed by atoms with E-state index in [2.05, 4.69) is 10.6 Å². The lowest BCUT2D eigenvalue weighted by Gasteiger charge is -2.16. The van der Waals surface area contributed by atoms with Gasteiger partial charge in [0.05, 0.1) is 5.69 Å². The molecule has 0 unspecified atom stereocenters. The van der Waals surface area contributed by atoms with Crippen LogP contribution >= 0.6 is 34.8 Å². The predicted octanol–water partition coefficient (Wildman–Crippen LogP) is 5.67. The number of amides is 3. The Kier molecular flexibility index (Phi) is 6.93. The van der Waals surface area contributed by atoms with Crippen LogP contribution in [0, 0.1) is 6.92 Å². The van der Waals surface area contributed by atoms with E-state index in [9.17, 15) is 14.4 Å². The zero-order valence-electron chi connectivity index (χ0n) is 17.9. The summed E-state index contributed by atoms with van der Waals surface area (Å²) < 4.78 is 0. The Labute approximate surface area is 211 Å². The Morgan fingerprint density at radius 1 is 0.912 bits per heavy atom. The number of carbonyl (C=O) groups excluding carboxylic acids is 3. The number of rotatable bonds is 6. The van der Waals surface area contributed by atoms with Gasteiger partial charge < -0.3 is 10.6 Å². The fourth-order valence-electron chi connectivity index (χ4n) is 3.39. The average Bonchev–Trinajstić information content (AvgIpc) is 3.03. The highest BCUT2D eigenvalue weighted by atomic mass is 35.5. The van der Waals surface area contributed by atoms with Gasteiger partial charge in [0.2, 0.25) is 0 Å². The zero-order chi connectivity index (χ0) is 24.4. The molecule has 0 fully saturated rings. The van der Waals surface area contributed by atoms with E-state index >= 15 is 0 Å². The molecule has 34 heavy (non-hydrogen) atoms. The average molecular weight is 515 g/mol. The van der Waals surface area contributed by atoms with Gasteiger partial charge in [0, 0.05) is 27.8 Å². The van der Waals surface area contributed by atoms with Gasteiger partial charge in [-0.3, -0.25) is 14.4 Å². The standard InChI is InChI=1S/C25H18Cl3N3O3/c1-14-6-7-15(23(32)29-13-16-4-2-3-5-19(16)27)12-20(14)30-22-21(28)24(33)31(25(22)34)18-10-8-17(26)9-11-18/h2-12,30H,13H2,1H3,(H,29,32). The number of imide groups is 1. The third kappa shape index (κ3) is 4.80. The molecule has 172 valence electrons. The van der Waals surface area contributed by atoms with Gasteiger partial charge in [-0.15, -0.1) is 0 Å². The minimum atomic E-state index is -0.650. The molecule has 0 aromatic heterocycles. The Hall–Kier alpha value is -3.32. The molecule has 0 bridgehead atoms. The highest BCUT2D eigenvalue weighted by Crippen LogP contribution is 2.31. The van der Waals surface area contributed by atoms with Gasteiger partial charge in [0.15, 0.2) is 0 Å². The number of nitrogens with zero attached hydrogens (tertiary/aromatic N) is 1. The van der Waals surface area contributed by atoms with Crippen molar-refractivity contribution < 1.29 is 14.4 Å². The van der Waals surface area contributed by atoms with E-state index in [4.69, 9.17) is 34.8 Å². The number of aryl methyl sites for hydroxylation is 1.